The van der Waals surface area contributed by atoms with Crippen molar-refractivity contribution in [3.8, 4) is 0 Å². The molecule has 1 spiro atoms. The molecule has 1 saturated carbocycles. The van der Waals surface area contributed by atoms with Gasteiger partial charge in [-0.1, -0.05) is 6.42 Å². The van der Waals surface area contributed by atoms with Crippen molar-refractivity contribution in [1.82, 2.24) is 0 Å². The van der Waals surface area contributed by atoms with Gasteiger partial charge in [-0.15, -0.1) is 0 Å². The summed E-state index contributed by atoms with van der Waals surface area (Å²) in [7, 11) is 0. The normalized spacial score (nSPS) is 37.5. The minimum Gasteiger partial charge on any atom is -0.378 e. The van der Waals surface area contributed by atoms with Crippen molar-refractivity contribution in [2.45, 2.75) is 45.1 Å². The third-order valence-corrected chi connectivity index (χ3v) is 3.17. The lowest BCUT2D eigenvalue weighted by Crippen LogP contribution is -2.40. The molecule has 0 aromatic carbocycles. The van der Waals surface area contributed by atoms with Gasteiger partial charge >= 0.3 is 0 Å². The van der Waals surface area contributed by atoms with E-state index in [0.29, 0.717) is 11.5 Å². The van der Waals surface area contributed by atoms with Gasteiger partial charge in [0.2, 0.25) is 0 Å². The highest BCUT2D eigenvalue weighted by molar-refractivity contribution is 4.90. The fourth-order valence-electron chi connectivity index (χ4n) is 2.06. The monoisotopic (exact) mass is 140 g/mol. The highest BCUT2D eigenvalue weighted by atomic mass is 16.5. The molecule has 1 aliphatic heterocycles. The van der Waals surface area contributed by atoms with E-state index in [1.54, 1.807) is 0 Å². The molecule has 0 aromatic heterocycles. The Bertz CT molecular complexity index is 117. The molecular formula is C9H16O. The summed E-state index contributed by atoms with van der Waals surface area (Å²) in [4.78, 5) is 0. The van der Waals surface area contributed by atoms with E-state index in [9.17, 15) is 0 Å². The molecule has 2 aliphatic rings. The van der Waals surface area contributed by atoms with Gasteiger partial charge in [0.05, 0.1) is 12.7 Å². The lowest BCUT2D eigenvalue weighted by atomic mass is 9.65. The summed E-state index contributed by atoms with van der Waals surface area (Å²) < 4.78 is 5.64. The molecule has 1 saturated heterocycles. The van der Waals surface area contributed by atoms with Crippen LogP contribution in [0.15, 0.2) is 0 Å². The third kappa shape index (κ3) is 0.968. The maximum absolute atomic E-state index is 5.64. The summed E-state index contributed by atoms with van der Waals surface area (Å²) >= 11 is 0. The van der Waals surface area contributed by atoms with E-state index >= 15 is 0 Å². The Labute approximate surface area is 62.8 Å². The van der Waals surface area contributed by atoms with Crippen molar-refractivity contribution < 1.29 is 4.74 Å². The highest BCUT2D eigenvalue weighted by Crippen LogP contribution is 2.47. The number of hydrogen-bond acceptors (Lipinski definition) is 1. The number of ether oxygens (including phenoxy) is 1. The predicted molar refractivity (Wildman–Crippen MR) is 40.9 cm³/mol. The fraction of sp³-hybridized carbons (Fsp3) is 1.00. The van der Waals surface area contributed by atoms with Crippen molar-refractivity contribution in [3.63, 3.8) is 0 Å². The average Bonchev–Trinajstić information content (AvgIpc) is 1.86. The third-order valence-electron chi connectivity index (χ3n) is 3.17. The molecule has 0 radical (unpaired) electrons. The van der Waals surface area contributed by atoms with Gasteiger partial charge in [0.1, 0.15) is 0 Å². The second-order valence-corrected chi connectivity index (χ2v) is 4.01. The van der Waals surface area contributed by atoms with Crippen molar-refractivity contribution in [2.24, 2.45) is 5.41 Å². The maximum Gasteiger partial charge on any atom is 0.0547 e. The van der Waals surface area contributed by atoms with E-state index in [1.165, 1.54) is 32.1 Å². The molecule has 1 heteroatoms. The summed E-state index contributed by atoms with van der Waals surface area (Å²) in [6, 6.07) is 0. The number of hydrogen-bond donors (Lipinski definition) is 0. The first kappa shape index (κ1) is 6.66. The van der Waals surface area contributed by atoms with Gasteiger partial charge in [-0.05, 0) is 38.0 Å². The van der Waals surface area contributed by atoms with Crippen LogP contribution in [0.5, 0.6) is 0 Å². The molecule has 0 aromatic rings. The standard InChI is InChI=1S/C9H16O/c1-8-3-6-9(7-10-8)4-2-5-9/h8H,2-7H2,1H3. The van der Waals surface area contributed by atoms with Gasteiger partial charge in [-0.3, -0.25) is 0 Å². The van der Waals surface area contributed by atoms with Gasteiger partial charge in [0.25, 0.3) is 0 Å². The first-order valence-electron chi connectivity index (χ1n) is 4.42. The van der Waals surface area contributed by atoms with Crippen LogP contribution in [0.25, 0.3) is 0 Å². The Morgan fingerprint density at radius 1 is 1.30 bits per heavy atom. The van der Waals surface area contributed by atoms with Crippen molar-refractivity contribution in [2.75, 3.05) is 6.61 Å². The molecule has 2 rings (SSSR count). The minimum absolute atomic E-state index is 0.534. The second kappa shape index (κ2) is 2.23. The van der Waals surface area contributed by atoms with Crippen molar-refractivity contribution in [1.29, 1.82) is 0 Å². The smallest absolute Gasteiger partial charge is 0.0547 e. The molecule has 10 heavy (non-hydrogen) atoms. The van der Waals surface area contributed by atoms with E-state index in [0.717, 1.165) is 6.61 Å². The molecule has 1 aliphatic carbocycles. The Morgan fingerprint density at radius 2 is 2.10 bits per heavy atom. The molecule has 2 fully saturated rings. The zero-order chi connectivity index (χ0) is 7.03. The largest absolute Gasteiger partial charge is 0.378 e. The predicted octanol–water partition coefficient (Wildman–Crippen LogP) is 2.36. The Kier molecular flexibility index (Phi) is 1.48. The van der Waals surface area contributed by atoms with Gasteiger partial charge in [0.15, 0.2) is 0 Å². The van der Waals surface area contributed by atoms with E-state index in [-0.39, 0.29) is 0 Å². The van der Waals surface area contributed by atoms with Gasteiger partial charge in [-0.25, -0.2) is 0 Å². The maximum atomic E-state index is 5.64. The van der Waals surface area contributed by atoms with Crippen LogP contribution in [0.1, 0.15) is 39.0 Å². The first-order chi connectivity index (χ1) is 4.81. The molecule has 0 bridgehead atoms. The lowest BCUT2D eigenvalue weighted by Gasteiger charge is -2.46. The number of rotatable bonds is 0. The lowest BCUT2D eigenvalue weighted by molar-refractivity contribution is -0.0892. The van der Waals surface area contributed by atoms with Crippen LogP contribution in [0, 0.1) is 5.41 Å². The van der Waals surface area contributed by atoms with Crippen LogP contribution in [0.2, 0.25) is 0 Å². The second-order valence-electron chi connectivity index (χ2n) is 4.01. The molecule has 0 N–H and O–H groups in total. The van der Waals surface area contributed by atoms with Crippen LogP contribution in [0.4, 0.5) is 0 Å². The highest BCUT2D eigenvalue weighted by Gasteiger charge is 2.39. The van der Waals surface area contributed by atoms with E-state index in [4.69, 9.17) is 4.74 Å². The molecule has 1 nitrogen and oxygen atoms in total. The van der Waals surface area contributed by atoms with Crippen LogP contribution < -0.4 is 0 Å². The Morgan fingerprint density at radius 3 is 2.50 bits per heavy atom. The molecule has 58 valence electrons. The van der Waals surface area contributed by atoms with E-state index in [1.807, 2.05) is 0 Å². The summed E-state index contributed by atoms with van der Waals surface area (Å²) in [6.45, 7) is 3.24. The first-order valence-corrected chi connectivity index (χ1v) is 4.42. The van der Waals surface area contributed by atoms with Crippen molar-refractivity contribution >= 4 is 0 Å². The average molecular weight is 140 g/mol. The Hall–Kier alpha value is -0.0400. The van der Waals surface area contributed by atoms with Gasteiger partial charge in [-0.2, -0.15) is 0 Å². The zero-order valence-electron chi connectivity index (χ0n) is 6.73. The SMILES string of the molecule is CC1CCC2(CCC2)CO1. The van der Waals surface area contributed by atoms with Crippen LogP contribution in [-0.2, 0) is 4.74 Å². The van der Waals surface area contributed by atoms with Crippen LogP contribution >= 0.6 is 0 Å². The molecule has 0 amide bonds. The van der Waals surface area contributed by atoms with Gasteiger partial charge < -0.3 is 4.74 Å². The minimum atomic E-state index is 0.534. The molecular weight excluding hydrogens is 124 g/mol. The van der Waals surface area contributed by atoms with Crippen molar-refractivity contribution in [3.05, 3.63) is 0 Å². The summed E-state index contributed by atoms with van der Waals surface area (Å²) in [5.41, 5.74) is 0.659. The summed E-state index contributed by atoms with van der Waals surface area (Å²) in [5.74, 6) is 0. The molecule has 1 unspecified atom stereocenters. The van der Waals surface area contributed by atoms with Crippen LogP contribution in [-0.4, -0.2) is 12.7 Å². The Balaban J connectivity index is 1.90. The summed E-state index contributed by atoms with van der Waals surface area (Å²) in [5, 5.41) is 0. The van der Waals surface area contributed by atoms with E-state index in [2.05, 4.69) is 6.92 Å². The van der Waals surface area contributed by atoms with E-state index < -0.39 is 0 Å². The topological polar surface area (TPSA) is 9.23 Å². The van der Waals surface area contributed by atoms with Crippen LogP contribution in [0.3, 0.4) is 0 Å². The quantitative estimate of drug-likeness (QED) is 0.502. The fourth-order valence-corrected chi connectivity index (χ4v) is 2.06. The summed E-state index contributed by atoms with van der Waals surface area (Å²) in [6.07, 6.45) is 7.55. The molecule has 1 atom stereocenters. The molecule has 1 heterocycles. The zero-order valence-corrected chi connectivity index (χ0v) is 6.73. The van der Waals surface area contributed by atoms with Gasteiger partial charge in [0, 0.05) is 0 Å².